The summed E-state index contributed by atoms with van der Waals surface area (Å²) in [6.07, 6.45) is -1.39. The Hall–Kier alpha value is -5.04. The number of nitrogens with one attached hydrogen (secondary N) is 2. The van der Waals surface area contributed by atoms with Gasteiger partial charge in [0.15, 0.2) is 23.1 Å². The molecule has 17 heteroatoms. The second kappa shape index (κ2) is 10.6. The van der Waals surface area contributed by atoms with Crippen LogP contribution in [0.2, 0.25) is 5.02 Å². The highest BCUT2D eigenvalue weighted by Gasteiger charge is 2.41. The summed E-state index contributed by atoms with van der Waals surface area (Å²) in [5.74, 6) is -1.83. The van der Waals surface area contributed by atoms with Gasteiger partial charge in [-0.3, -0.25) is 10.1 Å². The van der Waals surface area contributed by atoms with Gasteiger partial charge < -0.3 is 10.1 Å². The average molecular weight is 575 g/mol. The van der Waals surface area contributed by atoms with E-state index in [0.717, 1.165) is 23.1 Å². The van der Waals surface area contributed by atoms with Crippen molar-refractivity contribution in [3.63, 3.8) is 0 Å². The topological polar surface area (TPSA) is 166 Å². The van der Waals surface area contributed by atoms with Gasteiger partial charge in [0.25, 0.3) is 5.91 Å². The maximum absolute atomic E-state index is 14.2. The number of aromatic nitrogens is 7. The second-order valence-electron chi connectivity index (χ2n) is 8.92. The maximum atomic E-state index is 14.2. The molecule has 13 nitrogen and oxygen atoms in total. The van der Waals surface area contributed by atoms with Crippen LogP contribution in [0.1, 0.15) is 42.4 Å². The Morgan fingerprint density at radius 2 is 1.77 bits per heavy atom. The van der Waals surface area contributed by atoms with Crippen LogP contribution in [0.3, 0.4) is 0 Å². The van der Waals surface area contributed by atoms with Crippen molar-refractivity contribution < 1.29 is 27.5 Å². The van der Waals surface area contributed by atoms with E-state index >= 15 is 0 Å². The molecule has 0 fully saturated rings. The molecule has 0 aliphatic heterocycles. The van der Waals surface area contributed by atoms with E-state index < -0.39 is 40.9 Å². The fourth-order valence-corrected chi connectivity index (χ4v) is 3.53. The van der Waals surface area contributed by atoms with Crippen molar-refractivity contribution in [3.8, 4) is 17.7 Å². The standard InChI is InChI=1S/C23H18ClF3N10O3/c1-22(2,3)40-21(39)35-18-12(9-28)4-5-16(34-18)36-17(23(25,26)27)14(11-32-36)20(38)33-13-8-15(24)19(29-10-13)37-30-6-7-31-37/h4-8,10-11H,1-3H3,(H,33,38)(H,34,35,39). The molecule has 0 spiro atoms. The number of hydrogen-bond acceptors (Lipinski definition) is 9. The van der Waals surface area contributed by atoms with Crippen molar-refractivity contribution in [2.75, 3.05) is 10.6 Å². The third-order valence-corrected chi connectivity index (χ3v) is 5.09. The van der Waals surface area contributed by atoms with E-state index in [1.54, 1.807) is 26.8 Å². The summed E-state index contributed by atoms with van der Waals surface area (Å²) in [5.41, 5.74) is -3.34. The summed E-state index contributed by atoms with van der Waals surface area (Å²) in [7, 11) is 0. The number of rotatable bonds is 5. The van der Waals surface area contributed by atoms with Crippen LogP contribution in [0.25, 0.3) is 11.6 Å². The van der Waals surface area contributed by atoms with Crippen LogP contribution >= 0.6 is 11.6 Å². The predicted molar refractivity (Wildman–Crippen MR) is 133 cm³/mol. The number of carbonyl (C=O) groups is 2. The molecule has 2 N–H and O–H groups in total. The van der Waals surface area contributed by atoms with E-state index in [0.29, 0.717) is 10.9 Å². The highest BCUT2D eigenvalue weighted by molar-refractivity contribution is 6.32. The molecule has 0 unspecified atom stereocenters. The fraction of sp³-hybridized carbons (Fsp3) is 0.217. The van der Waals surface area contributed by atoms with Gasteiger partial charge in [0, 0.05) is 0 Å². The Balaban J connectivity index is 1.67. The first kappa shape index (κ1) is 28.0. The van der Waals surface area contributed by atoms with Gasteiger partial charge >= 0.3 is 12.3 Å². The lowest BCUT2D eigenvalue weighted by atomic mass is 10.2. The minimum Gasteiger partial charge on any atom is -0.444 e. The van der Waals surface area contributed by atoms with Crippen molar-refractivity contribution in [2.24, 2.45) is 0 Å². The Bertz CT molecular complexity index is 1620. The molecule has 0 atom stereocenters. The molecule has 0 aliphatic rings. The molecular weight excluding hydrogens is 557 g/mol. The number of nitriles is 1. The van der Waals surface area contributed by atoms with E-state index in [1.165, 1.54) is 18.5 Å². The molecular formula is C23H18ClF3N10O3. The summed E-state index contributed by atoms with van der Waals surface area (Å²) < 4.78 is 48.0. The zero-order chi connectivity index (χ0) is 29.2. The van der Waals surface area contributed by atoms with E-state index in [2.05, 4.69) is 35.9 Å². The van der Waals surface area contributed by atoms with Gasteiger partial charge in [0.1, 0.15) is 11.7 Å². The molecule has 0 saturated carbocycles. The number of pyridine rings is 2. The van der Waals surface area contributed by atoms with E-state index in [1.807, 2.05) is 0 Å². The average Bonchev–Trinajstić information content (AvgIpc) is 3.53. The first-order valence-corrected chi connectivity index (χ1v) is 11.5. The first-order chi connectivity index (χ1) is 18.8. The molecule has 2 amide bonds. The van der Waals surface area contributed by atoms with Crippen molar-refractivity contribution in [1.29, 1.82) is 5.26 Å². The molecule has 40 heavy (non-hydrogen) atoms. The highest BCUT2D eigenvalue weighted by Crippen LogP contribution is 2.34. The van der Waals surface area contributed by atoms with Gasteiger partial charge in [-0.05, 0) is 39.0 Å². The van der Waals surface area contributed by atoms with E-state index in [-0.39, 0.29) is 27.9 Å². The fourth-order valence-electron chi connectivity index (χ4n) is 3.28. The van der Waals surface area contributed by atoms with Crippen molar-refractivity contribution in [1.82, 2.24) is 34.7 Å². The van der Waals surface area contributed by atoms with Crippen molar-refractivity contribution in [3.05, 3.63) is 64.8 Å². The third-order valence-electron chi connectivity index (χ3n) is 4.81. The largest absolute Gasteiger partial charge is 0.444 e. The summed E-state index contributed by atoms with van der Waals surface area (Å²) in [4.78, 5) is 34.2. The van der Waals surface area contributed by atoms with Gasteiger partial charge in [0.2, 0.25) is 0 Å². The summed E-state index contributed by atoms with van der Waals surface area (Å²) >= 11 is 6.17. The summed E-state index contributed by atoms with van der Waals surface area (Å²) in [6.45, 7) is 4.80. The van der Waals surface area contributed by atoms with Gasteiger partial charge in [-0.1, -0.05) is 11.6 Å². The molecule has 0 radical (unpaired) electrons. The van der Waals surface area contributed by atoms with Gasteiger partial charge in [-0.2, -0.15) is 33.7 Å². The lowest BCUT2D eigenvalue weighted by Crippen LogP contribution is -2.28. The minimum atomic E-state index is -5.07. The number of carbonyl (C=O) groups excluding carboxylic acids is 2. The number of hydrogen-bond donors (Lipinski definition) is 2. The zero-order valence-electron chi connectivity index (χ0n) is 20.9. The number of anilines is 2. The molecule has 206 valence electrons. The Morgan fingerprint density at radius 3 is 2.38 bits per heavy atom. The second-order valence-corrected chi connectivity index (χ2v) is 9.33. The molecule has 0 saturated heterocycles. The quantitative estimate of drug-likeness (QED) is 0.351. The Kier molecular flexibility index (Phi) is 7.42. The van der Waals surface area contributed by atoms with E-state index in [9.17, 15) is 28.0 Å². The first-order valence-electron chi connectivity index (χ1n) is 11.2. The monoisotopic (exact) mass is 574 g/mol. The van der Waals surface area contributed by atoms with Crippen LogP contribution in [0, 0.1) is 11.3 Å². The number of nitrogens with zero attached hydrogens (tertiary/aromatic N) is 8. The molecule has 0 bridgehead atoms. The van der Waals surface area contributed by atoms with Crippen LogP contribution in [0.5, 0.6) is 0 Å². The number of halogens is 4. The Labute approximate surface area is 228 Å². The van der Waals surface area contributed by atoms with Crippen LogP contribution < -0.4 is 10.6 Å². The lowest BCUT2D eigenvalue weighted by Gasteiger charge is -2.20. The van der Waals surface area contributed by atoms with Crippen LogP contribution in [0.4, 0.5) is 29.5 Å². The predicted octanol–water partition coefficient (Wildman–Crippen LogP) is 4.39. The number of alkyl halides is 3. The molecule has 4 heterocycles. The lowest BCUT2D eigenvalue weighted by molar-refractivity contribution is -0.143. The third kappa shape index (κ3) is 6.15. The maximum Gasteiger partial charge on any atom is 0.434 e. The van der Waals surface area contributed by atoms with E-state index in [4.69, 9.17) is 16.3 Å². The molecule has 4 aromatic heterocycles. The SMILES string of the molecule is CC(C)(C)OC(=O)Nc1nc(-n2ncc(C(=O)Nc3cnc(-n4nccn4)c(Cl)c3)c2C(F)(F)F)ccc1C#N. The molecule has 0 aromatic carbocycles. The molecule has 4 aromatic rings. The molecule has 4 rings (SSSR count). The summed E-state index contributed by atoms with van der Waals surface area (Å²) in [5, 5.41) is 25.4. The van der Waals surface area contributed by atoms with Crippen LogP contribution in [0.15, 0.2) is 43.0 Å². The summed E-state index contributed by atoms with van der Waals surface area (Å²) in [6, 6.07) is 5.26. The number of ether oxygens (including phenoxy) is 1. The van der Waals surface area contributed by atoms with Crippen LogP contribution in [-0.4, -0.2) is 52.3 Å². The number of amides is 2. The van der Waals surface area contributed by atoms with Gasteiger partial charge in [-0.15, -0.1) is 4.80 Å². The van der Waals surface area contributed by atoms with Gasteiger partial charge in [0.05, 0.1) is 46.6 Å². The van der Waals surface area contributed by atoms with Crippen LogP contribution in [-0.2, 0) is 10.9 Å². The van der Waals surface area contributed by atoms with Crippen molar-refractivity contribution >= 4 is 35.1 Å². The zero-order valence-corrected chi connectivity index (χ0v) is 21.6. The minimum absolute atomic E-state index is 0.00729. The van der Waals surface area contributed by atoms with Gasteiger partial charge in [-0.25, -0.2) is 19.4 Å². The van der Waals surface area contributed by atoms with Crippen molar-refractivity contribution in [2.45, 2.75) is 32.5 Å². The smallest absolute Gasteiger partial charge is 0.434 e. The highest BCUT2D eigenvalue weighted by atomic mass is 35.5. The Morgan fingerprint density at radius 1 is 1.07 bits per heavy atom. The molecule has 0 aliphatic carbocycles. The normalized spacial score (nSPS) is 11.6.